The second-order valence-electron chi connectivity index (χ2n) is 4.63. The van der Waals surface area contributed by atoms with E-state index in [2.05, 4.69) is 13.2 Å². The van der Waals surface area contributed by atoms with Crippen molar-refractivity contribution in [2.75, 3.05) is 6.61 Å². The lowest BCUT2D eigenvalue weighted by atomic mass is 10.0. The van der Waals surface area contributed by atoms with E-state index in [9.17, 15) is 9.90 Å². The van der Waals surface area contributed by atoms with Gasteiger partial charge in [0.25, 0.3) is 0 Å². The number of allylic oxidation sites excluding steroid dienone is 1. The molecule has 0 aliphatic rings. The Morgan fingerprint density at radius 1 is 1.32 bits per heavy atom. The maximum absolute atomic E-state index is 11.9. The van der Waals surface area contributed by atoms with Gasteiger partial charge in [0.05, 0.1) is 0 Å². The summed E-state index contributed by atoms with van der Waals surface area (Å²) in [5.41, 5.74) is 2.20. The molecule has 0 radical (unpaired) electrons. The average molecular weight is 281 g/mol. The summed E-state index contributed by atoms with van der Waals surface area (Å²) in [7, 11) is 0. The number of benzene rings is 1. The van der Waals surface area contributed by atoms with E-state index in [0.29, 0.717) is 17.0 Å². The van der Waals surface area contributed by atoms with Crippen LogP contribution >= 0.6 is 11.6 Å². The summed E-state index contributed by atoms with van der Waals surface area (Å²) < 4.78 is 5.01. The zero-order valence-electron chi connectivity index (χ0n) is 11.1. The van der Waals surface area contributed by atoms with Crippen LogP contribution < -0.4 is 0 Å². The Morgan fingerprint density at radius 2 is 1.95 bits per heavy atom. The Bertz CT molecular complexity index is 532. The normalized spacial score (nSPS) is 10.1. The number of ether oxygens (including phenoxy) is 1. The van der Waals surface area contributed by atoms with Crippen molar-refractivity contribution < 1.29 is 14.6 Å². The van der Waals surface area contributed by atoms with Gasteiger partial charge in [-0.2, -0.15) is 0 Å². The van der Waals surface area contributed by atoms with Crippen molar-refractivity contribution in [3.05, 3.63) is 52.6 Å². The van der Waals surface area contributed by atoms with Gasteiger partial charge < -0.3 is 9.84 Å². The molecule has 0 fully saturated rings. The van der Waals surface area contributed by atoms with Crippen LogP contribution in [0.15, 0.2) is 36.4 Å². The molecule has 0 heterocycles. The number of carbonyl (C=O) groups is 1. The molecule has 1 N–H and O–H groups in total. The second kappa shape index (κ2) is 6.43. The molecule has 19 heavy (non-hydrogen) atoms. The molecular weight excluding hydrogens is 264 g/mol. The first-order valence-corrected chi connectivity index (χ1v) is 6.16. The number of halogens is 1. The van der Waals surface area contributed by atoms with Crippen molar-refractivity contribution in [3.63, 3.8) is 0 Å². The molecule has 1 aromatic carbocycles. The predicted molar refractivity (Wildman–Crippen MR) is 76.7 cm³/mol. The van der Waals surface area contributed by atoms with Crippen molar-refractivity contribution in [3.8, 4) is 5.75 Å². The van der Waals surface area contributed by atoms with Crippen molar-refractivity contribution in [1.29, 1.82) is 0 Å². The molecule has 0 saturated heterocycles. The summed E-state index contributed by atoms with van der Waals surface area (Å²) in [6.07, 6.45) is 0.452. The van der Waals surface area contributed by atoms with E-state index < -0.39 is 5.97 Å². The molecule has 0 unspecified atom stereocenters. The minimum Gasteiger partial charge on any atom is -0.507 e. The highest BCUT2D eigenvalue weighted by Crippen LogP contribution is 2.29. The van der Waals surface area contributed by atoms with Gasteiger partial charge in [0.2, 0.25) is 0 Å². The molecule has 0 saturated carbocycles. The quantitative estimate of drug-likeness (QED) is 0.657. The molecule has 0 amide bonds. The fraction of sp³-hybridized carbons (Fsp3) is 0.267. The maximum Gasteiger partial charge on any atom is 0.342 e. The highest BCUT2D eigenvalue weighted by atomic mass is 35.5. The van der Waals surface area contributed by atoms with Gasteiger partial charge in [-0.25, -0.2) is 4.79 Å². The smallest absolute Gasteiger partial charge is 0.342 e. The van der Waals surface area contributed by atoms with E-state index >= 15 is 0 Å². The van der Waals surface area contributed by atoms with Crippen LogP contribution in [0.1, 0.15) is 29.8 Å². The topological polar surface area (TPSA) is 46.5 Å². The van der Waals surface area contributed by atoms with Crippen molar-refractivity contribution >= 4 is 17.6 Å². The lowest BCUT2D eigenvalue weighted by Crippen LogP contribution is -2.08. The summed E-state index contributed by atoms with van der Waals surface area (Å²) in [5.74, 6) is -0.731. The number of phenolic OH excluding ortho intramolecular Hbond substituents is 1. The number of carbonyl (C=O) groups excluding carboxylic acids is 1. The lowest BCUT2D eigenvalue weighted by Gasteiger charge is -2.11. The summed E-state index contributed by atoms with van der Waals surface area (Å²) in [6, 6.07) is 3.00. The minimum atomic E-state index is -0.619. The molecule has 102 valence electrons. The van der Waals surface area contributed by atoms with Crippen LogP contribution in [-0.4, -0.2) is 17.7 Å². The Kier molecular flexibility index (Phi) is 5.19. The molecule has 0 atom stereocenters. The van der Waals surface area contributed by atoms with Crippen LogP contribution in [0.4, 0.5) is 0 Å². The van der Waals surface area contributed by atoms with Crippen molar-refractivity contribution in [1.82, 2.24) is 0 Å². The van der Waals surface area contributed by atoms with E-state index in [1.165, 1.54) is 6.07 Å². The monoisotopic (exact) mass is 280 g/mol. The van der Waals surface area contributed by atoms with E-state index in [1.807, 2.05) is 6.92 Å². The lowest BCUT2D eigenvalue weighted by molar-refractivity contribution is 0.0537. The molecule has 0 aromatic heterocycles. The number of aromatic hydroxyl groups is 1. The third-order valence-electron chi connectivity index (χ3n) is 2.32. The third-order valence-corrected chi connectivity index (χ3v) is 2.53. The van der Waals surface area contributed by atoms with Gasteiger partial charge in [0.15, 0.2) is 0 Å². The molecule has 0 spiro atoms. The maximum atomic E-state index is 11.9. The fourth-order valence-corrected chi connectivity index (χ4v) is 1.78. The standard InChI is InChI=1S/C15H17ClO3/c1-9(2)5-11-6-12(16)7-13(14(11)17)15(18)19-8-10(3)4/h6-7,17H,1,3,5,8H2,2,4H3. The summed E-state index contributed by atoms with van der Waals surface area (Å²) in [4.78, 5) is 11.9. The highest BCUT2D eigenvalue weighted by Gasteiger charge is 2.17. The molecule has 0 aliphatic heterocycles. The first-order valence-electron chi connectivity index (χ1n) is 5.78. The van der Waals surface area contributed by atoms with Crippen LogP contribution in [0.5, 0.6) is 5.75 Å². The Hall–Kier alpha value is -1.74. The van der Waals surface area contributed by atoms with Gasteiger partial charge in [0, 0.05) is 10.6 Å². The third kappa shape index (κ3) is 4.45. The molecule has 3 nitrogen and oxygen atoms in total. The number of phenols is 1. The van der Waals surface area contributed by atoms with Gasteiger partial charge in [-0.05, 0) is 38.0 Å². The highest BCUT2D eigenvalue weighted by molar-refractivity contribution is 6.31. The summed E-state index contributed by atoms with van der Waals surface area (Å²) in [5, 5.41) is 10.4. The number of esters is 1. The molecule has 1 rings (SSSR count). The van der Waals surface area contributed by atoms with Crippen LogP contribution in [0.2, 0.25) is 5.02 Å². The van der Waals surface area contributed by atoms with E-state index in [4.69, 9.17) is 16.3 Å². The number of hydrogen-bond acceptors (Lipinski definition) is 3. The first-order chi connectivity index (χ1) is 8.81. The van der Waals surface area contributed by atoms with E-state index in [-0.39, 0.29) is 17.9 Å². The van der Waals surface area contributed by atoms with E-state index in [1.54, 1.807) is 13.0 Å². The van der Waals surface area contributed by atoms with Crippen molar-refractivity contribution in [2.24, 2.45) is 0 Å². The number of hydrogen-bond donors (Lipinski definition) is 1. The zero-order chi connectivity index (χ0) is 14.6. The Morgan fingerprint density at radius 3 is 2.47 bits per heavy atom. The van der Waals surface area contributed by atoms with Crippen LogP contribution in [0.3, 0.4) is 0 Å². The van der Waals surface area contributed by atoms with Gasteiger partial charge in [-0.1, -0.05) is 30.3 Å². The van der Waals surface area contributed by atoms with Gasteiger partial charge in [0.1, 0.15) is 17.9 Å². The molecule has 0 bridgehead atoms. The van der Waals surface area contributed by atoms with Gasteiger partial charge >= 0.3 is 5.97 Å². The molecule has 0 aliphatic carbocycles. The Labute approximate surface area is 118 Å². The van der Waals surface area contributed by atoms with Crippen LogP contribution in [0.25, 0.3) is 0 Å². The molecule has 4 heteroatoms. The number of rotatable bonds is 5. The van der Waals surface area contributed by atoms with Crippen LogP contribution in [0, 0.1) is 0 Å². The molecular formula is C15H17ClO3. The summed E-state index contributed by atoms with van der Waals surface area (Å²) >= 11 is 5.95. The Balaban J connectivity index is 3.06. The largest absolute Gasteiger partial charge is 0.507 e. The SMILES string of the molecule is C=C(C)COC(=O)c1cc(Cl)cc(CC(=C)C)c1O. The zero-order valence-corrected chi connectivity index (χ0v) is 11.9. The fourth-order valence-electron chi connectivity index (χ4n) is 1.54. The summed E-state index contributed by atoms with van der Waals surface area (Å²) in [6.45, 7) is 11.1. The average Bonchev–Trinajstić information content (AvgIpc) is 2.29. The molecule has 1 aromatic rings. The predicted octanol–water partition coefficient (Wildman–Crippen LogP) is 3.90. The minimum absolute atomic E-state index is 0.0602. The van der Waals surface area contributed by atoms with Gasteiger partial charge in [-0.15, -0.1) is 0 Å². The van der Waals surface area contributed by atoms with Crippen molar-refractivity contribution in [2.45, 2.75) is 20.3 Å². The first kappa shape index (κ1) is 15.3. The van der Waals surface area contributed by atoms with E-state index in [0.717, 1.165) is 11.1 Å². The van der Waals surface area contributed by atoms with Gasteiger partial charge in [-0.3, -0.25) is 0 Å². The second-order valence-corrected chi connectivity index (χ2v) is 5.06. The van der Waals surface area contributed by atoms with Crippen LogP contribution in [-0.2, 0) is 11.2 Å².